The molecule has 0 fully saturated rings. The van der Waals surface area contributed by atoms with Crippen molar-refractivity contribution >= 4 is 22.4 Å². The third-order valence-electron chi connectivity index (χ3n) is 2.54. The van der Waals surface area contributed by atoms with E-state index in [2.05, 4.69) is 5.32 Å². The topological polar surface area (TPSA) is 72.2 Å². The van der Waals surface area contributed by atoms with Gasteiger partial charge in [0.05, 0.1) is 0 Å². The molecule has 0 aliphatic heterocycles. The molecule has 0 saturated carbocycles. The Balaban J connectivity index is 2.37. The minimum absolute atomic E-state index is 0.0442. The molecule has 0 saturated heterocycles. The molecular formula is C13H20N2O2S. The first kappa shape index (κ1) is 14.9. The van der Waals surface area contributed by atoms with E-state index in [0.29, 0.717) is 30.9 Å². The van der Waals surface area contributed by atoms with Gasteiger partial charge in [-0.15, -0.1) is 0 Å². The van der Waals surface area contributed by atoms with Crippen LogP contribution in [0.2, 0.25) is 0 Å². The van der Waals surface area contributed by atoms with Crippen LogP contribution in [0.1, 0.15) is 25.3 Å². The first-order valence-corrected chi connectivity index (χ1v) is 7.58. The van der Waals surface area contributed by atoms with Crippen LogP contribution in [0.4, 0.5) is 5.69 Å². The van der Waals surface area contributed by atoms with Crippen molar-refractivity contribution in [3.8, 4) is 0 Å². The molecular weight excluding hydrogens is 248 g/mol. The van der Waals surface area contributed by atoms with E-state index in [1.165, 1.54) is 0 Å². The second kappa shape index (κ2) is 8.00. The molecule has 1 aromatic carbocycles. The van der Waals surface area contributed by atoms with Crippen molar-refractivity contribution in [3.63, 3.8) is 0 Å². The molecule has 4 nitrogen and oxygen atoms in total. The molecule has 1 aromatic rings. The van der Waals surface area contributed by atoms with Crippen molar-refractivity contribution in [3.05, 3.63) is 29.8 Å². The summed E-state index contributed by atoms with van der Waals surface area (Å²) in [6.07, 6.45) is 1.06. The number of anilines is 1. The lowest BCUT2D eigenvalue weighted by atomic mass is 10.2. The molecule has 1 unspecified atom stereocenters. The second-order valence-corrected chi connectivity index (χ2v) is 5.85. The van der Waals surface area contributed by atoms with E-state index in [1.54, 1.807) is 0 Å². The molecule has 0 aromatic heterocycles. The standard InChI is InChI=1S/C13H20N2O2S/c1-2-18(17)8-4-7-13(16)15-12-6-3-5-11(9-12)10-14/h3,5-6,9H,2,4,7-8,10,14H2,1H3,(H,15,16). The molecule has 0 aliphatic carbocycles. The van der Waals surface area contributed by atoms with Crippen LogP contribution in [-0.2, 0) is 22.1 Å². The summed E-state index contributed by atoms with van der Waals surface area (Å²) in [6, 6.07) is 7.48. The third-order valence-corrected chi connectivity index (χ3v) is 3.93. The minimum Gasteiger partial charge on any atom is -0.326 e. The third kappa shape index (κ3) is 5.42. The fourth-order valence-corrected chi connectivity index (χ4v) is 2.29. The van der Waals surface area contributed by atoms with Crippen LogP contribution in [0, 0.1) is 0 Å². The Morgan fingerprint density at radius 2 is 2.22 bits per heavy atom. The normalized spacial score (nSPS) is 12.1. The van der Waals surface area contributed by atoms with Crippen molar-refractivity contribution in [2.45, 2.75) is 26.3 Å². The first-order chi connectivity index (χ1) is 8.65. The van der Waals surface area contributed by atoms with Gasteiger partial charge in [0.25, 0.3) is 0 Å². The number of carbonyl (C=O) groups is 1. The quantitative estimate of drug-likeness (QED) is 0.789. The number of nitrogens with one attached hydrogen (secondary N) is 1. The summed E-state index contributed by atoms with van der Waals surface area (Å²) in [5.74, 6) is 1.20. The molecule has 1 amide bonds. The molecule has 18 heavy (non-hydrogen) atoms. The van der Waals surface area contributed by atoms with E-state index in [-0.39, 0.29) is 5.91 Å². The van der Waals surface area contributed by atoms with Gasteiger partial charge >= 0.3 is 0 Å². The summed E-state index contributed by atoms with van der Waals surface area (Å²) < 4.78 is 11.2. The molecule has 0 spiro atoms. The van der Waals surface area contributed by atoms with Crippen LogP contribution in [-0.4, -0.2) is 21.6 Å². The lowest BCUT2D eigenvalue weighted by Gasteiger charge is -2.06. The molecule has 0 aliphatic rings. The zero-order chi connectivity index (χ0) is 13.4. The monoisotopic (exact) mass is 268 g/mol. The highest BCUT2D eigenvalue weighted by molar-refractivity contribution is 7.84. The average Bonchev–Trinajstić information content (AvgIpc) is 2.38. The molecule has 0 bridgehead atoms. The maximum atomic E-state index is 11.6. The van der Waals surface area contributed by atoms with Crippen molar-refractivity contribution in [2.24, 2.45) is 5.73 Å². The molecule has 3 N–H and O–H groups in total. The largest absolute Gasteiger partial charge is 0.326 e. The summed E-state index contributed by atoms with van der Waals surface area (Å²) in [7, 11) is -0.791. The average molecular weight is 268 g/mol. The number of hydrogen-bond donors (Lipinski definition) is 2. The van der Waals surface area contributed by atoms with Crippen LogP contribution in [0.15, 0.2) is 24.3 Å². The zero-order valence-corrected chi connectivity index (χ0v) is 11.5. The number of rotatable bonds is 7. The SMILES string of the molecule is CCS(=O)CCCC(=O)Nc1cccc(CN)c1. The van der Waals surface area contributed by atoms with Crippen LogP contribution in [0.5, 0.6) is 0 Å². The lowest BCUT2D eigenvalue weighted by Crippen LogP contribution is -2.13. The summed E-state index contributed by atoms with van der Waals surface area (Å²) in [5.41, 5.74) is 7.28. The van der Waals surface area contributed by atoms with Gasteiger partial charge in [0, 0.05) is 41.0 Å². The molecule has 5 heteroatoms. The van der Waals surface area contributed by atoms with Gasteiger partial charge in [-0.3, -0.25) is 9.00 Å². The predicted molar refractivity (Wildman–Crippen MR) is 75.7 cm³/mol. The Kier molecular flexibility index (Phi) is 6.60. The van der Waals surface area contributed by atoms with Crippen LogP contribution < -0.4 is 11.1 Å². The molecule has 1 atom stereocenters. The number of amides is 1. The predicted octanol–water partition coefficient (Wildman–Crippen LogP) is 1.63. The van der Waals surface area contributed by atoms with E-state index < -0.39 is 10.8 Å². The van der Waals surface area contributed by atoms with Gasteiger partial charge in [0.15, 0.2) is 0 Å². The van der Waals surface area contributed by atoms with Crippen LogP contribution in [0.25, 0.3) is 0 Å². The second-order valence-electron chi connectivity index (χ2n) is 3.99. The van der Waals surface area contributed by atoms with Crippen LogP contribution in [0.3, 0.4) is 0 Å². The highest BCUT2D eigenvalue weighted by Gasteiger charge is 2.04. The van der Waals surface area contributed by atoms with E-state index >= 15 is 0 Å². The Labute approximate surface area is 110 Å². The fraction of sp³-hybridized carbons (Fsp3) is 0.462. The Morgan fingerprint density at radius 1 is 1.44 bits per heavy atom. The minimum atomic E-state index is -0.791. The van der Waals surface area contributed by atoms with Gasteiger partial charge in [-0.05, 0) is 24.1 Å². The summed E-state index contributed by atoms with van der Waals surface area (Å²) in [4.78, 5) is 11.6. The van der Waals surface area contributed by atoms with Crippen molar-refractivity contribution < 1.29 is 9.00 Å². The summed E-state index contributed by atoms with van der Waals surface area (Å²) in [5, 5.41) is 2.81. The van der Waals surface area contributed by atoms with Gasteiger partial charge in [-0.25, -0.2) is 0 Å². The molecule has 0 heterocycles. The Bertz CT molecular complexity index is 421. The highest BCUT2D eigenvalue weighted by atomic mass is 32.2. The number of hydrogen-bond acceptors (Lipinski definition) is 3. The number of carbonyl (C=O) groups excluding carboxylic acids is 1. The van der Waals surface area contributed by atoms with Gasteiger partial charge in [0.1, 0.15) is 0 Å². The van der Waals surface area contributed by atoms with Crippen molar-refractivity contribution in [2.75, 3.05) is 16.8 Å². The lowest BCUT2D eigenvalue weighted by molar-refractivity contribution is -0.116. The number of nitrogens with two attached hydrogens (primary N) is 1. The zero-order valence-electron chi connectivity index (χ0n) is 10.6. The highest BCUT2D eigenvalue weighted by Crippen LogP contribution is 2.10. The van der Waals surface area contributed by atoms with Gasteiger partial charge in [-0.2, -0.15) is 0 Å². The number of benzene rings is 1. The van der Waals surface area contributed by atoms with Crippen molar-refractivity contribution in [1.82, 2.24) is 0 Å². The fourth-order valence-electron chi connectivity index (χ4n) is 1.54. The van der Waals surface area contributed by atoms with E-state index in [4.69, 9.17) is 5.73 Å². The van der Waals surface area contributed by atoms with Crippen LogP contribution >= 0.6 is 0 Å². The van der Waals surface area contributed by atoms with Gasteiger partial charge < -0.3 is 11.1 Å². The summed E-state index contributed by atoms with van der Waals surface area (Å²) in [6.45, 7) is 2.34. The van der Waals surface area contributed by atoms with Crippen molar-refractivity contribution in [1.29, 1.82) is 0 Å². The molecule has 100 valence electrons. The maximum Gasteiger partial charge on any atom is 0.224 e. The van der Waals surface area contributed by atoms with E-state index in [9.17, 15) is 9.00 Å². The van der Waals surface area contributed by atoms with Gasteiger partial charge in [-0.1, -0.05) is 19.1 Å². The Morgan fingerprint density at radius 3 is 2.89 bits per heavy atom. The summed E-state index contributed by atoms with van der Waals surface area (Å²) >= 11 is 0. The van der Waals surface area contributed by atoms with E-state index in [1.807, 2.05) is 31.2 Å². The maximum absolute atomic E-state index is 11.6. The van der Waals surface area contributed by atoms with E-state index in [0.717, 1.165) is 11.3 Å². The molecule has 0 radical (unpaired) electrons. The molecule has 1 rings (SSSR count). The first-order valence-electron chi connectivity index (χ1n) is 6.09. The Hall–Kier alpha value is -1.20. The van der Waals surface area contributed by atoms with Gasteiger partial charge in [0.2, 0.25) is 5.91 Å². The smallest absolute Gasteiger partial charge is 0.224 e.